The van der Waals surface area contributed by atoms with Gasteiger partial charge in [0, 0.05) is 17.7 Å². The zero-order chi connectivity index (χ0) is 34.6. The minimum absolute atomic E-state index is 0.0440. The number of oxazole rings is 1. The van der Waals surface area contributed by atoms with Crippen LogP contribution >= 0.6 is 0 Å². The van der Waals surface area contributed by atoms with E-state index in [9.17, 15) is 32.4 Å². The van der Waals surface area contributed by atoms with E-state index in [1.54, 1.807) is 52.0 Å². The molecule has 1 aliphatic rings. The average molecular weight is 668 g/mol. The Morgan fingerprint density at radius 2 is 1.43 bits per heavy atom. The van der Waals surface area contributed by atoms with Crippen LogP contribution in [0, 0.1) is 11.8 Å². The van der Waals surface area contributed by atoms with Crippen molar-refractivity contribution in [2.45, 2.75) is 77.8 Å². The van der Waals surface area contributed by atoms with E-state index in [4.69, 9.17) is 4.42 Å². The minimum atomic E-state index is -3.83. The normalized spacial score (nSPS) is 16.4. The number of aromatic nitrogens is 1. The summed E-state index contributed by atoms with van der Waals surface area (Å²) in [7, 11) is -3.83. The lowest BCUT2D eigenvalue weighted by Crippen LogP contribution is -2.57. The molecule has 0 bridgehead atoms. The molecule has 1 fully saturated rings. The second-order valence-electron chi connectivity index (χ2n) is 12.6. The summed E-state index contributed by atoms with van der Waals surface area (Å²) in [5, 5.41) is 4.76. The number of nitrogens with zero attached hydrogens (tertiary/aromatic N) is 2. The molecule has 14 heteroatoms. The van der Waals surface area contributed by atoms with Crippen molar-refractivity contribution in [1.82, 2.24) is 25.2 Å². The Balaban J connectivity index is 1.44. The maximum absolute atomic E-state index is 13.8. The monoisotopic (exact) mass is 667 g/mol. The molecule has 0 aliphatic carbocycles. The molecule has 3 atom stereocenters. The van der Waals surface area contributed by atoms with Gasteiger partial charge >= 0.3 is 0 Å². The first-order valence-corrected chi connectivity index (χ1v) is 17.1. The number of carbonyl (C=O) groups is 5. The van der Waals surface area contributed by atoms with Crippen LogP contribution in [0.3, 0.4) is 0 Å². The van der Waals surface area contributed by atoms with Gasteiger partial charge in [0.25, 0.3) is 17.7 Å². The third kappa shape index (κ3) is 8.05. The summed E-state index contributed by atoms with van der Waals surface area (Å²) in [6.07, 6.45) is 0.943. The van der Waals surface area contributed by atoms with Gasteiger partial charge in [-0.05, 0) is 74.9 Å². The third-order valence-corrected chi connectivity index (χ3v) is 9.79. The average Bonchev–Trinajstić information content (AvgIpc) is 3.69. The van der Waals surface area contributed by atoms with Crippen molar-refractivity contribution in [1.29, 1.82) is 0 Å². The van der Waals surface area contributed by atoms with Crippen LogP contribution in [0.1, 0.15) is 85.8 Å². The molecule has 3 N–H and O–H groups in total. The second kappa shape index (κ2) is 14.4. The molecule has 2 heterocycles. The molecular formula is C33H41N5O8S. The van der Waals surface area contributed by atoms with Gasteiger partial charge in [-0.1, -0.05) is 39.8 Å². The molecule has 0 spiro atoms. The summed E-state index contributed by atoms with van der Waals surface area (Å²) in [6.45, 7) is 10.3. The van der Waals surface area contributed by atoms with Gasteiger partial charge in [-0.15, -0.1) is 0 Å². The van der Waals surface area contributed by atoms with Gasteiger partial charge in [-0.2, -0.15) is 0 Å². The van der Waals surface area contributed by atoms with Gasteiger partial charge in [0.05, 0.1) is 11.3 Å². The van der Waals surface area contributed by atoms with Crippen LogP contribution in [0.15, 0.2) is 52.9 Å². The van der Waals surface area contributed by atoms with E-state index >= 15 is 0 Å². The van der Waals surface area contributed by atoms with Crippen LogP contribution in [0.5, 0.6) is 0 Å². The largest absolute Gasteiger partial charge is 0.434 e. The highest BCUT2D eigenvalue weighted by Gasteiger charge is 2.40. The summed E-state index contributed by atoms with van der Waals surface area (Å²) >= 11 is 0. The molecule has 0 saturated carbocycles. The van der Waals surface area contributed by atoms with Crippen molar-refractivity contribution < 1.29 is 36.8 Å². The zero-order valence-electron chi connectivity index (χ0n) is 27.3. The molecule has 1 aliphatic heterocycles. The van der Waals surface area contributed by atoms with E-state index in [1.807, 2.05) is 4.72 Å². The Morgan fingerprint density at radius 3 is 2.00 bits per heavy atom. The summed E-state index contributed by atoms with van der Waals surface area (Å²) in [4.78, 5) is 72.0. The van der Waals surface area contributed by atoms with E-state index in [-0.39, 0.29) is 28.9 Å². The predicted octanol–water partition coefficient (Wildman–Crippen LogP) is 3.06. The SMILES string of the molecule is CC(C)C(NC(=O)[C@@H]1CCCN1C(=O)[C@@H](NC(=O)c1ccc(C(=O)NS(=O)(=O)C(C)C)cc1)C(C)C)C(=O)c1nc2ccccc2o1. The maximum atomic E-state index is 13.8. The van der Waals surface area contributed by atoms with Crippen molar-refractivity contribution >= 4 is 50.5 Å². The molecule has 4 rings (SSSR count). The molecule has 0 radical (unpaired) electrons. The molecule has 2 aromatic carbocycles. The van der Waals surface area contributed by atoms with E-state index in [0.29, 0.717) is 30.5 Å². The highest BCUT2D eigenvalue weighted by atomic mass is 32.2. The summed E-state index contributed by atoms with van der Waals surface area (Å²) < 4.78 is 31.7. The first-order valence-electron chi connectivity index (χ1n) is 15.6. The number of Topliss-reactive ketones (excluding diaryl/α,β-unsaturated/α-hetero) is 1. The molecule has 13 nitrogen and oxygen atoms in total. The number of para-hydroxylation sites is 2. The van der Waals surface area contributed by atoms with Gasteiger partial charge in [-0.3, -0.25) is 24.0 Å². The number of amides is 4. The van der Waals surface area contributed by atoms with Crippen molar-refractivity contribution in [3.63, 3.8) is 0 Å². The maximum Gasteiger partial charge on any atom is 0.266 e. The Labute approximate surface area is 273 Å². The summed E-state index contributed by atoms with van der Waals surface area (Å²) in [5.41, 5.74) is 1.18. The first kappa shape index (κ1) is 35.3. The van der Waals surface area contributed by atoms with Crippen molar-refractivity contribution in [2.75, 3.05) is 6.54 Å². The lowest BCUT2D eigenvalue weighted by Gasteiger charge is -2.31. The van der Waals surface area contributed by atoms with Crippen LogP contribution in [0.4, 0.5) is 0 Å². The lowest BCUT2D eigenvalue weighted by molar-refractivity contribution is -0.140. The van der Waals surface area contributed by atoms with Gasteiger partial charge in [0.15, 0.2) is 5.58 Å². The van der Waals surface area contributed by atoms with Gasteiger partial charge in [0.2, 0.25) is 27.6 Å². The van der Waals surface area contributed by atoms with Crippen LogP contribution in [-0.4, -0.2) is 77.6 Å². The van der Waals surface area contributed by atoms with Crippen molar-refractivity contribution in [3.8, 4) is 0 Å². The van der Waals surface area contributed by atoms with Gasteiger partial charge in [-0.25, -0.2) is 18.1 Å². The topological polar surface area (TPSA) is 185 Å². The minimum Gasteiger partial charge on any atom is -0.434 e. The standard InChI is InChI=1S/C33H41N5O8S/c1-18(2)26(28(39)32-34-23-10-7-8-12-25(23)46-32)35-31(42)24-11-9-17-38(24)33(43)27(19(3)4)36-29(40)21-13-15-22(16-14-21)30(41)37-47(44,45)20(5)6/h7-8,10,12-16,18-20,24,26-27H,9,11,17H2,1-6H3,(H,35,42)(H,36,40)(H,37,41)/t24-,26?,27-/m0/s1. The van der Waals surface area contributed by atoms with Crippen LogP contribution in [-0.2, 0) is 19.6 Å². The molecular weight excluding hydrogens is 626 g/mol. The molecule has 1 unspecified atom stereocenters. The summed E-state index contributed by atoms with van der Waals surface area (Å²) in [6, 6.07) is 9.57. The lowest BCUT2D eigenvalue weighted by atomic mass is 9.98. The third-order valence-electron chi connectivity index (χ3n) is 8.07. The number of fused-ring (bicyclic) bond motifs is 1. The molecule has 3 aromatic rings. The number of hydrogen-bond donors (Lipinski definition) is 3. The highest BCUT2D eigenvalue weighted by Crippen LogP contribution is 2.23. The highest BCUT2D eigenvalue weighted by molar-refractivity contribution is 7.90. The predicted molar refractivity (Wildman–Crippen MR) is 174 cm³/mol. The van der Waals surface area contributed by atoms with Crippen molar-refractivity contribution in [2.24, 2.45) is 11.8 Å². The number of nitrogens with one attached hydrogen (secondary N) is 3. The fourth-order valence-corrected chi connectivity index (χ4v) is 5.81. The number of likely N-dealkylation sites (tertiary alicyclic amines) is 1. The quantitative estimate of drug-likeness (QED) is 0.244. The Hall–Kier alpha value is -4.59. The van der Waals surface area contributed by atoms with Crippen LogP contribution in [0.25, 0.3) is 11.1 Å². The zero-order valence-corrected chi connectivity index (χ0v) is 28.1. The molecule has 252 valence electrons. The fraction of sp³-hybridized carbons (Fsp3) is 0.455. The van der Waals surface area contributed by atoms with Gasteiger partial charge < -0.3 is 20.0 Å². The van der Waals surface area contributed by atoms with E-state index in [0.717, 1.165) is 0 Å². The number of carbonyl (C=O) groups excluding carboxylic acids is 5. The van der Waals surface area contributed by atoms with Crippen LogP contribution < -0.4 is 15.4 Å². The Bertz CT molecular complexity index is 1730. The smallest absolute Gasteiger partial charge is 0.266 e. The number of benzene rings is 2. The molecule has 1 aromatic heterocycles. The number of sulfonamides is 1. The number of ketones is 1. The van der Waals surface area contributed by atoms with Crippen molar-refractivity contribution in [3.05, 3.63) is 65.5 Å². The molecule has 4 amide bonds. The fourth-order valence-electron chi connectivity index (χ4n) is 5.19. The number of rotatable bonds is 12. The Morgan fingerprint density at radius 1 is 0.830 bits per heavy atom. The molecule has 1 saturated heterocycles. The first-order chi connectivity index (χ1) is 22.1. The summed E-state index contributed by atoms with van der Waals surface area (Å²) in [5.74, 6) is -3.55. The Kier molecular flexibility index (Phi) is 10.8. The second-order valence-corrected chi connectivity index (χ2v) is 14.8. The van der Waals surface area contributed by atoms with Gasteiger partial charge in [0.1, 0.15) is 17.6 Å². The van der Waals surface area contributed by atoms with E-state index in [2.05, 4.69) is 15.6 Å². The molecule has 47 heavy (non-hydrogen) atoms. The number of hydrogen-bond acceptors (Lipinski definition) is 9. The van der Waals surface area contributed by atoms with Crippen LogP contribution in [0.2, 0.25) is 0 Å². The van der Waals surface area contributed by atoms with E-state index in [1.165, 1.54) is 43.0 Å². The van der Waals surface area contributed by atoms with E-state index < -0.39 is 62.8 Å².